The molecule has 90 valence electrons. The molecule has 0 saturated heterocycles. The summed E-state index contributed by atoms with van der Waals surface area (Å²) in [6.07, 6.45) is 4.24. The summed E-state index contributed by atoms with van der Waals surface area (Å²) in [6, 6.07) is 0. The van der Waals surface area contributed by atoms with Crippen LogP contribution in [0.4, 0.5) is 0 Å². The van der Waals surface area contributed by atoms with Crippen molar-refractivity contribution in [2.75, 3.05) is 13.1 Å². The third-order valence-corrected chi connectivity index (χ3v) is 2.83. The van der Waals surface area contributed by atoms with Crippen LogP contribution in [0.25, 0.3) is 0 Å². The van der Waals surface area contributed by atoms with E-state index in [0.29, 0.717) is 16.9 Å². The first kappa shape index (κ1) is 13.4. The van der Waals surface area contributed by atoms with E-state index in [0.717, 1.165) is 19.5 Å². The number of halogens is 1. The Morgan fingerprint density at radius 2 is 2.25 bits per heavy atom. The zero-order valence-corrected chi connectivity index (χ0v) is 11.3. The maximum atomic E-state index is 11.6. The van der Waals surface area contributed by atoms with Gasteiger partial charge in [-0.15, -0.1) is 0 Å². The van der Waals surface area contributed by atoms with Gasteiger partial charge in [0.1, 0.15) is 4.47 Å². The fourth-order valence-electron chi connectivity index (χ4n) is 1.30. The van der Waals surface area contributed by atoms with Gasteiger partial charge in [0.2, 0.25) is 0 Å². The minimum absolute atomic E-state index is 0.0272. The average Bonchev–Trinajstić information content (AvgIpc) is 2.23. The molecule has 0 radical (unpaired) electrons. The Morgan fingerprint density at radius 1 is 1.50 bits per heavy atom. The Kier molecular flexibility index (Phi) is 5.69. The number of nitrogens with one attached hydrogen (secondary N) is 1. The van der Waals surface area contributed by atoms with Crippen LogP contribution < -0.4 is 10.9 Å². The van der Waals surface area contributed by atoms with Crippen LogP contribution in [0.3, 0.4) is 0 Å². The van der Waals surface area contributed by atoms with Crippen LogP contribution in [-0.4, -0.2) is 22.6 Å². The van der Waals surface area contributed by atoms with E-state index in [1.54, 1.807) is 10.9 Å². The Morgan fingerprint density at radius 3 is 2.94 bits per heavy atom. The summed E-state index contributed by atoms with van der Waals surface area (Å²) < 4.78 is 2.11. The van der Waals surface area contributed by atoms with Crippen molar-refractivity contribution in [2.24, 2.45) is 5.92 Å². The minimum atomic E-state index is -0.0272. The number of rotatable bonds is 6. The van der Waals surface area contributed by atoms with E-state index in [1.165, 1.54) is 6.20 Å². The van der Waals surface area contributed by atoms with Crippen molar-refractivity contribution < 1.29 is 0 Å². The summed E-state index contributed by atoms with van der Waals surface area (Å²) in [5, 5.41) is 3.31. The molecule has 1 heterocycles. The fraction of sp³-hybridized carbons (Fsp3) is 0.636. The van der Waals surface area contributed by atoms with E-state index < -0.39 is 0 Å². The number of nitrogens with zero attached hydrogens (tertiary/aromatic N) is 2. The Bertz CT molecular complexity index is 376. The topological polar surface area (TPSA) is 46.9 Å². The van der Waals surface area contributed by atoms with Crippen molar-refractivity contribution in [1.82, 2.24) is 14.9 Å². The molecule has 0 atom stereocenters. The molecule has 0 amide bonds. The van der Waals surface area contributed by atoms with Gasteiger partial charge < -0.3 is 5.32 Å². The van der Waals surface area contributed by atoms with E-state index >= 15 is 0 Å². The first-order valence-electron chi connectivity index (χ1n) is 5.52. The van der Waals surface area contributed by atoms with E-state index in [2.05, 4.69) is 40.1 Å². The van der Waals surface area contributed by atoms with E-state index in [1.807, 2.05) is 0 Å². The molecule has 1 aromatic rings. The largest absolute Gasteiger partial charge is 0.315 e. The normalized spacial score (nSPS) is 11.0. The van der Waals surface area contributed by atoms with Crippen LogP contribution in [0, 0.1) is 5.92 Å². The Balaban J connectivity index is 2.32. The fourth-order valence-corrected chi connectivity index (χ4v) is 1.64. The molecule has 0 saturated carbocycles. The van der Waals surface area contributed by atoms with Crippen molar-refractivity contribution in [3.8, 4) is 0 Å². The molecule has 0 bridgehead atoms. The molecule has 0 aliphatic heterocycles. The molecule has 1 N–H and O–H groups in total. The van der Waals surface area contributed by atoms with Crippen LogP contribution in [0.2, 0.25) is 0 Å². The zero-order valence-electron chi connectivity index (χ0n) is 9.74. The third kappa shape index (κ3) is 4.45. The molecular weight excluding hydrogens is 270 g/mol. The molecular formula is C11H18BrN3O. The van der Waals surface area contributed by atoms with Gasteiger partial charge in [-0.05, 0) is 34.8 Å². The zero-order chi connectivity index (χ0) is 12.0. The molecule has 0 aromatic carbocycles. The lowest BCUT2D eigenvalue weighted by molar-refractivity contribution is 0.513. The number of aromatic nitrogens is 2. The molecule has 5 heteroatoms. The number of hydrogen-bond acceptors (Lipinski definition) is 3. The van der Waals surface area contributed by atoms with Crippen LogP contribution >= 0.6 is 15.9 Å². The molecule has 4 nitrogen and oxygen atoms in total. The van der Waals surface area contributed by atoms with Gasteiger partial charge in [-0.2, -0.15) is 0 Å². The van der Waals surface area contributed by atoms with Crippen LogP contribution in [0.5, 0.6) is 0 Å². The van der Waals surface area contributed by atoms with Gasteiger partial charge >= 0.3 is 0 Å². The maximum Gasteiger partial charge on any atom is 0.267 e. The third-order valence-electron chi connectivity index (χ3n) is 2.29. The molecule has 16 heavy (non-hydrogen) atoms. The monoisotopic (exact) mass is 287 g/mol. The van der Waals surface area contributed by atoms with Crippen LogP contribution in [-0.2, 0) is 6.54 Å². The van der Waals surface area contributed by atoms with Gasteiger partial charge in [0.25, 0.3) is 5.56 Å². The predicted octanol–water partition coefficient (Wildman–Crippen LogP) is 1.64. The second-order valence-corrected chi connectivity index (χ2v) is 5.03. The van der Waals surface area contributed by atoms with Crippen LogP contribution in [0.1, 0.15) is 20.3 Å². The van der Waals surface area contributed by atoms with Gasteiger partial charge in [-0.25, -0.2) is 4.98 Å². The molecule has 0 fully saturated rings. The lowest BCUT2D eigenvalue weighted by Crippen LogP contribution is -2.28. The second kappa shape index (κ2) is 6.81. The molecule has 1 rings (SSSR count). The highest BCUT2D eigenvalue weighted by molar-refractivity contribution is 9.10. The summed E-state index contributed by atoms with van der Waals surface area (Å²) >= 11 is 3.17. The Labute approximate surface area is 104 Å². The molecule has 0 spiro atoms. The van der Waals surface area contributed by atoms with Gasteiger partial charge in [0.05, 0.1) is 6.33 Å². The summed E-state index contributed by atoms with van der Waals surface area (Å²) in [6.45, 7) is 6.84. The molecule has 1 aromatic heterocycles. The maximum absolute atomic E-state index is 11.6. The van der Waals surface area contributed by atoms with E-state index in [4.69, 9.17) is 0 Å². The summed E-state index contributed by atoms with van der Waals surface area (Å²) in [5.41, 5.74) is -0.0272. The first-order chi connectivity index (χ1) is 7.61. The van der Waals surface area contributed by atoms with E-state index in [9.17, 15) is 4.79 Å². The second-order valence-electron chi connectivity index (χ2n) is 4.17. The van der Waals surface area contributed by atoms with Crippen molar-refractivity contribution in [3.63, 3.8) is 0 Å². The average molecular weight is 288 g/mol. The predicted molar refractivity (Wildman–Crippen MR) is 68.5 cm³/mol. The lowest BCUT2D eigenvalue weighted by atomic mass is 10.1. The van der Waals surface area contributed by atoms with Crippen molar-refractivity contribution in [2.45, 2.75) is 26.8 Å². The number of hydrogen-bond donors (Lipinski definition) is 1. The SMILES string of the molecule is CC(C)CCNCCn1cncc(Br)c1=O. The highest BCUT2D eigenvalue weighted by Gasteiger charge is 2.00. The van der Waals surface area contributed by atoms with Gasteiger partial charge in [0, 0.05) is 19.3 Å². The lowest BCUT2D eigenvalue weighted by Gasteiger charge is -2.08. The van der Waals surface area contributed by atoms with E-state index in [-0.39, 0.29) is 5.56 Å². The summed E-state index contributed by atoms with van der Waals surface area (Å²) in [7, 11) is 0. The highest BCUT2D eigenvalue weighted by Crippen LogP contribution is 1.98. The summed E-state index contributed by atoms with van der Waals surface area (Å²) in [4.78, 5) is 15.5. The smallest absolute Gasteiger partial charge is 0.267 e. The summed E-state index contributed by atoms with van der Waals surface area (Å²) in [5.74, 6) is 0.711. The molecule has 0 aliphatic carbocycles. The quantitative estimate of drug-likeness (QED) is 0.810. The van der Waals surface area contributed by atoms with Crippen molar-refractivity contribution in [1.29, 1.82) is 0 Å². The van der Waals surface area contributed by atoms with Gasteiger partial charge in [0.15, 0.2) is 0 Å². The van der Waals surface area contributed by atoms with Crippen molar-refractivity contribution in [3.05, 3.63) is 27.4 Å². The first-order valence-corrected chi connectivity index (χ1v) is 6.31. The van der Waals surface area contributed by atoms with Crippen LogP contribution in [0.15, 0.2) is 21.8 Å². The van der Waals surface area contributed by atoms with Gasteiger partial charge in [-0.1, -0.05) is 13.8 Å². The Hall–Kier alpha value is -0.680. The standard InChI is InChI=1S/C11H18BrN3O/c1-9(2)3-4-13-5-6-15-8-14-7-10(12)11(15)16/h7-9,13H,3-6H2,1-2H3. The highest BCUT2D eigenvalue weighted by atomic mass is 79.9. The molecule has 0 aliphatic rings. The van der Waals surface area contributed by atoms with Gasteiger partial charge in [-0.3, -0.25) is 9.36 Å². The molecule has 0 unspecified atom stereocenters. The minimum Gasteiger partial charge on any atom is -0.315 e. The van der Waals surface area contributed by atoms with Crippen molar-refractivity contribution >= 4 is 15.9 Å².